The minimum absolute atomic E-state index is 0.103. The fourth-order valence-electron chi connectivity index (χ4n) is 1.04. The molecule has 0 saturated carbocycles. The zero-order valence-corrected chi connectivity index (χ0v) is 9.87. The Labute approximate surface area is 90.8 Å². The van der Waals surface area contributed by atoms with Gasteiger partial charge in [-0.05, 0) is 20.4 Å². The molecule has 0 aliphatic carbocycles. The summed E-state index contributed by atoms with van der Waals surface area (Å²) >= 11 is 0. The molecular weight excluding hydrogens is 196 g/mol. The molecule has 1 amide bonds. The molecule has 0 bridgehead atoms. The summed E-state index contributed by atoms with van der Waals surface area (Å²) in [5.74, 6) is -0.398. The largest absolute Gasteiger partial charge is 0.462 e. The Bertz CT molecular complexity index is 217. The smallest absolute Gasteiger partial charge is 0.320 e. The van der Waals surface area contributed by atoms with Gasteiger partial charge in [0.05, 0.1) is 19.2 Å². The van der Waals surface area contributed by atoms with Crippen LogP contribution in [0, 0.1) is 0 Å². The zero-order valence-electron chi connectivity index (χ0n) is 9.87. The quantitative estimate of drug-likeness (QED) is 0.635. The Hall–Kier alpha value is -1.10. The van der Waals surface area contributed by atoms with Crippen LogP contribution in [0.1, 0.15) is 20.8 Å². The molecule has 88 valence electrons. The molecule has 0 aliphatic heterocycles. The van der Waals surface area contributed by atoms with E-state index in [1.165, 1.54) is 0 Å². The molecule has 0 saturated heterocycles. The van der Waals surface area contributed by atoms with Gasteiger partial charge in [0.15, 0.2) is 0 Å². The van der Waals surface area contributed by atoms with Crippen molar-refractivity contribution in [2.45, 2.75) is 26.9 Å². The lowest BCUT2D eigenvalue weighted by atomic mass is 10.4. The summed E-state index contributed by atoms with van der Waals surface area (Å²) < 4.78 is 4.99. The summed E-state index contributed by atoms with van der Waals surface area (Å²) in [5.41, 5.74) is 0. The Morgan fingerprint density at radius 1 is 1.33 bits per heavy atom. The van der Waals surface area contributed by atoms with Crippen molar-refractivity contribution in [3.8, 4) is 0 Å². The Morgan fingerprint density at radius 2 is 1.93 bits per heavy atom. The van der Waals surface area contributed by atoms with Gasteiger partial charge >= 0.3 is 5.97 Å². The first-order valence-electron chi connectivity index (χ1n) is 5.12. The average Bonchev–Trinajstić information content (AvgIpc) is 2.15. The molecule has 15 heavy (non-hydrogen) atoms. The predicted octanol–water partition coefficient (Wildman–Crippen LogP) is 0.00590. The molecule has 0 spiro atoms. The Morgan fingerprint density at radius 3 is 2.33 bits per heavy atom. The summed E-state index contributed by atoms with van der Waals surface area (Å²) in [4.78, 5) is 24.1. The number of ether oxygens (including phenoxy) is 1. The Kier molecular flexibility index (Phi) is 6.70. The minimum atomic E-state index is -0.296. The van der Waals surface area contributed by atoms with E-state index in [0.29, 0.717) is 6.54 Å². The maximum absolute atomic E-state index is 11.3. The van der Waals surface area contributed by atoms with Crippen LogP contribution in [0.2, 0.25) is 0 Å². The van der Waals surface area contributed by atoms with Gasteiger partial charge in [-0.2, -0.15) is 0 Å². The van der Waals surface area contributed by atoms with Gasteiger partial charge in [0, 0.05) is 7.05 Å². The van der Waals surface area contributed by atoms with E-state index in [-0.39, 0.29) is 31.1 Å². The van der Waals surface area contributed by atoms with Gasteiger partial charge in [-0.15, -0.1) is 0 Å². The number of hydrogen-bond acceptors (Lipinski definition) is 4. The van der Waals surface area contributed by atoms with Crippen molar-refractivity contribution in [1.82, 2.24) is 10.2 Å². The first kappa shape index (κ1) is 13.9. The number of rotatable bonds is 6. The Balaban J connectivity index is 3.98. The molecular formula is C10H20N2O3. The van der Waals surface area contributed by atoms with Gasteiger partial charge in [-0.3, -0.25) is 14.5 Å². The second-order valence-corrected chi connectivity index (χ2v) is 3.52. The molecule has 0 aliphatic rings. The van der Waals surface area contributed by atoms with E-state index >= 15 is 0 Å². The highest BCUT2D eigenvalue weighted by Gasteiger charge is 2.13. The van der Waals surface area contributed by atoms with Gasteiger partial charge < -0.3 is 10.1 Å². The number of hydrogen-bond donors (Lipinski definition) is 1. The van der Waals surface area contributed by atoms with Crippen molar-refractivity contribution in [3.63, 3.8) is 0 Å². The lowest BCUT2D eigenvalue weighted by Crippen LogP contribution is -2.39. The first-order valence-corrected chi connectivity index (χ1v) is 5.12. The molecule has 0 atom stereocenters. The van der Waals surface area contributed by atoms with Crippen LogP contribution in [0.3, 0.4) is 0 Å². The van der Waals surface area contributed by atoms with Gasteiger partial charge in [0.1, 0.15) is 0 Å². The van der Waals surface area contributed by atoms with Crippen molar-refractivity contribution in [2.75, 3.05) is 26.7 Å². The molecule has 0 fully saturated rings. The average molecular weight is 216 g/mol. The maximum atomic E-state index is 11.3. The fourth-order valence-corrected chi connectivity index (χ4v) is 1.04. The van der Waals surface area contributed by atoms with E-state index in [2.05, 4.69) is 5.32 Å². The fraction of sp³-hybridized carbons (Fsp3) is 0.800. The summed E-state index contributed by atoms with van der Waals surface area (Å²) in [6.45, 7) is 6.51. The van der Waals surface area contributed by atoms with Crippen molar-refractivity contribution >= 4 is 11.9 Å². The van der Waals surface area contributed by atoms with E-state index < -0.39 is 0 Å². The number of nitrogens with zero attached hydrogens (tertiary/aromatic N) is 1. The molecule has 5 nitrogen and oxygen atoms in total. The highest BCUT2D eigenvalue weighted by atomic mass is 16.5. The topological polar surface area (TPSA) is 58.6 Å². The summed E-state index contributed by atoms with van der Waals surface area (Å²) in [6, 6.07) is 0. The highest BCUT2D eigenvalue weighted by molar-refractivity contribution is 5.79. The van der Waals surface area contributed by atoms with Crippen LogP contribution < -0.4 is 5.32 Å². The predicted molar refractivity (Wildman–Crippen MR) is 57.4 cm³/mol. The van der Waals surface area contributed by atoms with Crippen LogP contribution in [0.25, 0.3) is 0 Å². The molecule has 0 heterocycles. The number of nitrogens with one attached hydrogen (secondary N) is 1. The second-order valence-electron chi connectivity index (χ2n) is 3.52. The van der Waals surface area contributed by atoms with E-state index in [4.69, 9.17) is 4.74 Å². The molecule has 5 heteroatoms. The molecule has 0 aromatic carbocycles. The molecule has 0 radical (unpaired) electrons. The molecule has 1 N–H and O–H groups in total. The summed E-state index contributed by atoms with van der Waals surface area (Å²) in [5, 5.41) is 2.51. The lowest BCUT2D eigenvalue weighted by Gasteiger charge is -2.18. The van der Waals surface area contributed by atoms with Gasteiger partial charge in [-0.1, -0.05) is 6.92 Å². The van der Waals surface area contributed by atoms with Gasteiger partial charge in [-0.25, -0.2) is 0 Å². The standard InChI is InChI=1S/C10H20N2O3/c1-5-12(6-9(13)11-4)7-10(14)15-8(2)3/h8H,5-7H2,1-4H3,(H,11,13). The monoisotopic (exact) mass is 216 g/mol. The van der Waals surface area contributed by atoms with Crippen molar-refractivity contribution < 1.29 is 14.3 Å². The van der Waals surface area contributed by atoms with Crippen LogP contribution in [-0.2, 0) is 14.3 Å². The zero-order chi connectivity index (χ0) is 11.8. The van der Waals surface area contributed by atoms with Crippen LogP contribution >= 0.6 is 0 Å². The summed E-state index contributed by atoms with van der Waals surface area (Å²) in [7, 11) is 1.57. The van der Waals surface area contributed by atoms with Gasteiger partial charge in [0.2, 0.25) is 5.91 Å². The van der Waals surface area contributed by atoms with Crippen LogP contribution in [0.4, 0.5) is 0 Å². The molecule has 0 rings (SSSR count). The first-order chi connectivity index (χ1) is 6.99. The third-order valence-electron chi connectivity index (χ3n) is 1.81. The maximum Gasteiger partial charge on any atom is 0.320 e. The van der Waals surface area contributed by atoms with Crippen LogP contribution in [0.5, 0.6) is 0 Å². The summed E-state index contributed by atoms with van der Waals surface area (Å²) in [6.07, 6.45) is -0.115. The number of carbonyl (C=O) groups is 2. The van der Waals surface area contributed by atoms with Crippen LogP contribution in [-0.4, -0.2) is 49.6 Å². The number of esters is 1. The third-order valence-corrected chi connectivity index (χ3v) is 1.81. The van der Waals surface area contributed by atoms with E-state index in [0.717, 1.165) is 0 Å². The molecule has 0 unspecified atom stereocenters. The molecule has 0 aromatic heterocycles. The minimum Gasteiger partial charge on any atom is -0.462 e. The molecule has 0 aromatic rings. The number of likely N-dealkylation sites (N-methyl/N-ethyl adjacent to an activating group) is 2. The number of amides is 1. The van der Waals surface area contributed by atoms with Gasteiger partial charge in [0.25, 0.3) is 0 Å². The third kappa shape index (κ3) is 6.90. The highest BCUT2D eigenvalue weighted by Crippen LogP contribution is 1.93. The lowest BCUT2D eigenvalue weighted by molar-refractivity contribution is -0.148. The van der Waals surface area contributed by atoms with E-state index in [1.54, 1.807) is 25.8 Å². The number of carbonyl (C=O) groups excluding carboxylic acids is 2. The van der Waals surface area contributed by atoms with Crippen LogP contribution in [0.15, 0.2) is 0 Å². The second kappa shape index (κ2) is 7.23. The van der Waals surface area contributed by atoms with Crippen molar-refractivity contribution in [2.24, 2.45) is 0 Å². The SMILES string of the molecule is CCN(CC(=O)NC)CC(=O)OC(C)C. The van der Waals surface area contributed by atoms with E-state index in [1.807, 2.05) is 6.92 Å². The van der Waals surface area contributed by atoms with Crippen molar-refractivity contribution in [1.29, 1.82) is 0 Å². The van der Waals surface area contributed by atoms with E-state index in [9.17, 15) is 9.59 Å². The normalized spacial score (nSPS) is 10.5. The van der Waals surface area contributed by atoms with Crippen molar-refractivity contribution in [3.05, 3.63) is 0 Å².